The molecule has 5 nitrogen and oxygen atoms in total. The van der Waals surface area contributed by atoms with Crippen molar-refractivity contribution in [3.05, 3.63) is 0 Å². The van der Waals surface area contributed by atoms with Crippen molar-refractivity contribution >= 4 is 10.0 Å². The first-order valence-electron chi connectivity index (χ1n) is 6.50. The van der Waals surface area contributed by atoms with Crippen molar-refractivity contribution in [1.29, 1.82) is 0 Å². The topological polar surface area (TPSA) is 75.4 Å². The van der Waals surface area contributed by atoms with Crippen LogP contribution in [0.1, 0.15) is 25.7 Å². The first-order chi connectivity index (χ1) is 8.04. The molecule has 0 amide bonds. The Bertz CT molecular complexity index is 335. The summed E-state index contributed by atoms with van der Waals surface area (Å²) in [6, 6.07) is 0.610. The summed E-state index contributed by atoms with van der Waals surface area (Å²) < 4.78 is 22.0. The number of hydrogen-bond acceptors (Lipinski definition) is 4. The van der Waals surface area contributed by atoms with Crippen molar-refractivity contribution in [2.75, 3.05) is 31.9 Å². The van der Waals surface area contributed by atoms with E-state index in [2.05, 4.69) is 10.2 Å². The summed E-state index contributed by atoms with van der Waals surface area (Å²) in [6.45, 7) is 3.81. The minimum atomic E-state index is -3.32. The Balaban J connectivity index is 1.79. The van der Waals surface area contributed by atoms with E-state index in [-0.39, 0.29) is 5.75 Å². The Labute approximate surface area is 104 Å². The number of nitrogens with two attached hydrogens (primary N) is 1. The lowest BCUT2D eigenvalue weighted by Gasteiger charge is -2.30. The molecule has 0 aromatic rings. The molecule has 1 aliphatic heterocycles. The van der Waals surface area contributed by atoms with E-state index in [0.717, 1.165) is 19.6 Å². The fourth-order valence-electron chi connectivity index (χ4n) is 2.52. The third-order valence-corrected chi connectivity index (χ3v) is 4.37. The summed E-state index contributed by atoms with van der Waals surface area (Å²) in [4.78, 5) is 2.32. The number of hydrogen-bond donors (Lipinski definition) is 2. The number of primary sulfonamides is 1. The van der Waals surface area contributed by atoms with Crippen LogP contribution < -0.4 is 10.5 Å². The molecule has 100 valence electrons. The number of piperidine rings is 1. The van der Waals surface area contributed by atoms with E-state index in [0.29, 0.717) is 18.5 Å². The van der Waals surface area contributed by atoms with E-state index < -0.39 is 10.0 Å². The van der Waals surface area contributed by atoms with Crippen molar-refractivity contribution in [1.82, 2.24) is 10.2 Å². The van der Waals surface area contributed by atoms with Crippen LogP contribution in [-0.4, -0.2) is 51.3 Å². The Kier molecular flexibility index (Phi) is 4.41. The highest BCUT2D eigenvalue weighted by atomic mass is 32.2. The molecule has 0 bridgehead atoms. The van der Waals surface area contributed by atoms with Gasteiger partial charge in [0.15, 0.2) is 0 Å². The average Bonchev–Trinajstić information content (AvgIpc) is 3.08. The molecule has 2 rings (SSSR count). The molecule has 0 spiro atoms. The average molecular weight is 261 g/mol. The summed E-state index contributed by atoms with van der Waals surface area (Å²) in [5.74, 6) is 0.758. The highest BCUT2D eigenvalue weighted by Gasteiger charge is 2.31. The SMILES string of the molecule is NS(=O)(=O)CCN(CC1CCCNC1)C1CC1. The molecule has 1 saturated carbocycles. The lowest BCUT2D eigenvalue weighted by atomic mass is 9.99. The predicted molar refractivity (Wildman–Crippen MR) is 68.2 cm³/mol. The van der Waals surface area contributed by atoms with Crippen molar-refractivity contribution in [3.63, 3.8) is 0 Å². The second kappa shape index (κ2) is 5.65. The van der Waals surface area contributed by atoms with Gasteiger partial charge in [0, 0.05) is 19.1 Å². The van der Waals surface area contributed by atoms with Gasteiger partial charge < -0.3 is 5.32 Å². The third kappa shape index (κ3) is 4.91. The summed E-state index contributed by atoms with van der Waals surface area (Å²) in [5, 5.41) is 8.47. The van der Waals surface area contributed by atoms with E-state index in [9.17, 15) is 8.42 Å². The summed E-state index contributed by atoms with van der Waals surface area (Å²) >= 11 is 0. The van der Waals surface area contributed by atoms with E-state index in [1.807, 2.05) is 0 Å². The van der Waals surface area contributed by atoms with Crippen molar-refractivity contribution in [2.24, 2.45) is 11.1 Å². The zero-order valence-electron chi connectivity index (χ0n) is 10.3. The van der Waals surface area contributed by atoms with Crippen LogP contribution in [0.25, 0.3) is 0 Å². The molecule has 0 aromatic carbocycles. The molecule has 2 fully saturated rings. The molecule has 2 aliphatic rings. The second-order valence-electron chi connectivity index (χ2n) is 5.31. The Morgan fingerprint density at radius 2 is 2.06 bits per heavy atom. The minimum absolute atomic E-state index is 0.0870. The Morgan fingerprint density at radius 3 is 2.59 bits per heavy atom. The van der Waals surface area contributed by atoms with E-state index in [1.54, 1.807) is 0 Å². The van der Waals surface area contributed by atoms with Gasteiger partial charge in [0.1, 0.15) is 0 Å². The van der Waals surface area contributed by atoms with Crippen molar-refractivity contribution < 1.29 is 8.42 Å². The summed E-state index contributed by atoms with van der Waals surface area (Å²) in [5.41, 5.74) is 0. The molecule has 1 saturated heterocycles. The highest BCUT2D eigenvalue weighted by Crippen LogP contribution is 2.28. The zero-order chi connectivity index (χ0) is 12.3. The number of sulfonamides is 1. The molecular weight excluding hydrogens is 238 g/mol. The molecule has 1 aliphatic carbocycles. The van der Waals surface area contributed by atoms with Crippen LogP contribution in [-0.2, 0) is 10.0 Å². The van der Waals surface area contributed by atoms with Gasteiger partial charge in [0.05, 0.1) is 5.75 Å². The molecule has 1 heterocycles. The normalized spacial score (nSPS) is 26.4. The van der Waals surface area contributed by atoms with E-state index >= 15 is 0 Å². The van der Waals surface area contributed by atoms with Gasteiger partial charge in [-0.3, -0.25) is 4.90 Å². The predicted octanol–water partition coefficient (Wildman–Crippen LogP) is -0.261. The largest absolute Gasteiger partial charge is 0.316 e. The molecule has 1 unspecified atom stereocenters. The summed E-state index contributed by atoms with van der Waals surface area (Å²) in [6.07, 6.45) is 4.92. The van der Waals surface area contributed by atoms with E-state index in [4.69, 9.17) is 5.14 Å². The number of nitrogens with one attached hydrogen (secondary N) is 1. The monoisotopic (exact) mass is 261 g/mol. The van der Waals surface area contributed by atoms with Gasteiger partial charge in [-0.2, -0.15) is 0 Å². The van der Waals surface area contributed by atoms with E-state index in [1.165, 1.54) is 25.7 Å². The van der Waals surface area contributed by atoms with Crippen LogP contribution in [0.3, 0.4) is 0 Å². The van der Waals surface area contributed by atoms with Gasteiger partial charge in [-0.05, 0) is 44.7 Å². The third-order valence-electron chi connectivity index (χ3n) is 3.62. The van der Waals surface area contributed by atoms with Crippen molar-refractivity contribution in [2.45, 2.75) is 31.7 Å². The van der Waals surface area contributed by atoms with Gasteiger partial charge in [0.2, 0.25) is 10.0 Å². The van der Waals surface area contributed by atoms with Gasteiger partial charge >= 0.3 is 0 Å². The van der Waals surface area contributed by atoms with Gasteiger partial charge in [-0.25, -0.2) is 13.6 Å². The summed E-state index contributed by atoms with van der Waals surface area (Å²) in [7, 11) is -3.32. The van der Waals surface area contributed by atoms with Crippen LogP contribution in [0.2, 0.25) is 0 Å². The van der Waals surface area contributed by atoms with Crippen molar-refractivity contribution in [3.8, 4) is 0 Å². The number of rotatable bonds is 6. The second-order valence-corrected chi connectivity index (χ2v) is 7.04. The lowest BCUT2D eigenvalue weighted by molar-refractivity contribution is 0.209. The fraction of sp³-hybridized carbons (Fsp3) is 1.00. The maximum Gasteiger partial charge on any atom is 0.210 e. The van der Waals surface area contributed by atoms with Gasteiger partial charge in [-0.1, -0.05) is 0 Å². The van der Waals surface area contributed by atoms with Crippen LogP contribution >= 0.6 is 0 Å². The highest BCUT2D eigenvalue weighted by molar-refractivity contribution is 7.89. The standard InChI is InChI=1S/C11H23N3O2S/c12-17(15,16)7-6-14(11-3-4-11)9-10-2-1-5-13-8-10/h10-11,13H,1-9H2,(H2,12,15,16). The number of nitrogens with zero attached hydrogens (tertiary/aromatic N) is 1. The Hall–Kier alpha value is -0.170. The quantitative estimate of drug-likeness (QED) is 0.691. The minimum Gasteiger partial charge on any atom is -0.316 e. The van der Waals surface area contributed by atoms with Crippen LogP contribution in [0.4, 0.5) is 0 Å². The fourth-order valence-corrected chi connectivity index (χ4v) is 3.01. The lowest BCUT2D eigenvalue weighted by Crippen LogP contribution is -2.41. The zero-order valence-corrected chi connectivity index (χ0v) is 11.1. The maximum atomic E-state index is 11.0. The van der Waals surface area contributed by atoms with Gasteiger partial charge in [-0.15, -0.1) is 0 Å². The molecular formula is C11H23N3O2S. The van der Waals surface area contributed by atoms with Crippen LogP contribution in [0, 0.1) is 5.92 Å². The molecule has 1 atom stereocenters. The van der Waals surface area contributed by atoms with Crippen LogP contribution in [0.15, 0.2) is 0 Å². The molecule has 6 heteroatoms. The smallest absolute Gasteiger partial charge is 0.210 e. The first kappa shape index (κ1) is 13.3. The first-order valence-corrected chi connectivity index (χ1v) is 8.21. The maximum absolute atomic E-state index is 11.0. The molecule has 3 N–H and O–H groups in total. The molecule has 0 radical (unpaired) electrons. The molecule has 17 heavy (non-hydrogen) atoms. The van der Waals surface area contributed by atoms with Gasteiger partial charge in [0.25, 0.3) is 0 Å². The molecule has 0 aromatic heterocycles. The Morgan fingerprint density at radius 1 is 1.29 bits per heavy atom. The van der Waals surface area contributed by atoms with Crippen LogP contribution in [0.5, 0.6) is 0 Å².